The summed E-state index contributed by atoms with van der Waals surface area (Å²) in [7, 11) is 1.64. The molecule has 114 valence electrons. The van der Waals surface area contributed by atoms with Crippen LogP contribution in [0.1, 0.15) is 27.0 Å². The number of methoxy groups -OCH3 is 1. The van der Waals surface area contributed by atoms with Crippen LogP contribution in [0.4, 0.5) is 0 Å². The van der Waals surface area contributed by atoms with E-state index in [0.29, 0.717) is 13.2 Å². The second-order valence-corrected chi connectivity index (χ2v) is 6.96. The molecule has 1 N–H and O–H groups in total. The van der Waals surface area contributed by atoms with E-state index in [-0.39, 0.29) is 0 Å². The van der Waals surface area contributed by atoms with E-state index < -0.39 is 6.10 Å². The van der Waals surface area contributed by atoms with Crippen molar-refractivity contribution in [2.75, 3.05) is 20.3 Å². The van der Waals surface area contributed by atoms with Crippen LogP contribution < -0.4 is 4.74 Å². The summed E-state index contributed by atoms with van der Waals surface area (Å²) in [5.74, 6) is 0.751. The second kappa shape index (κ2) is 7.40. The van der Waals surface area contributed by atoms with Gasteiger partial charge in [-0.3, -0.25) is 0 Å². The molecule has 0 amide bonds. The van der Waals surface area contributed by atoms with Crippen LogP contribution in [0.25, 0.3) is 0 Å². The smallest absolute Gasteiger partial charge is 0.133 e. The van der Waals surface area contributed by atoms with Gasteiger partial charge in [-0.05, 0) is 59.1 Å². The molecule has 1 unspecified atom stereocenters. The molecule has 2 aromatic rings. The molecular formula is C16H19BrO3S. The fraction of sp³-hybridized carbons (Fsp3) is 0.375. The van der Waals surface area contributed by atoms with Crippen molar-refractivity contribution in [1.82, 2.24) is 0 Å². The van der Waals surface area contributed by atoms with Gasteiger partial charge in [0.15, 0.2) is 0 Å². The van der Waals surface area contributed by atoms with E-state index in [9.17, 15) is 5.11 Å². The average Bonchev–Trinajstić information content (AvgIpc) is 2.80. The minimum Gasteiger partial charge on any atom is -0.490 e. The number of ether oxygens (including phenoxy) is 2. The van der Waals surface area contributed by atoms with Crippen LogP contribution in [0.5, 0.6) is 5.75 Å². The lowest BCUT2D eigenvalue weighted by atomic mass is 10.1. The molecule has 0 spiro atoms. The van der Waals surface area contributed by atoms with Crippen molar-refractivity contribution in [3.8, 4) is 5.75 Å². The van der Waals surface area contributed by atoms with Gasteiger partial charge in [-0.25, -0.2) is 0 Å². The van der Waals surface area contributed by atoms with Crippen LogP contribution in [-0.4, -0.2) is 25.4 Å². The quantitative estimate of drug-likeness (QED) is 0.773. The van der Waals surface area contributed by atoms with E-state index in [1.807, 2.05) is 24.3 Å². The summed E-state index contributed by atoms with van der Waals surface area (Å²) in [6.45, 7) is 5.18. The third kappa shape index (κ3) is 4.07. The number of hydrogen-bond acceptors (Lipinski definition) is 4. The van der Waals surface area contributed by atoms with Crippen LogP contribution in [0.2, 0.25) is 0 Å². The summed E-state index contributed by atoms with van der Waals surface area (Å²) in [6, 6.07) is 7.70. The van der Waals surface area contributed by atoms with Gasteiger partial charge in [0.1, 0.15) is 18.5 Å². The van der Waals surface area contributed by atoms with Crippen molar-refractivity contribution in [2.24, 2.45) is 0 Å². The first-order valence-electron chi connectivity index (χ1n) is 6.69. The van der Waals surface area contributed by atoms with Gasteiger partial charge in [0, 0.05) is 16.9 Å². The van der Waals surface area contributed by atoms with Gasteiger partial charge in [-0.2, -0.15) is 0 Å². The average molecular weight is 371 g/mol. The summed E-state index contributed by atoms with van der Waals surface area (Å²) >= 11 is 5.12. The van der Waals surface area contributed by atoms with E-state index in [0.717, 1.165) is 20.7 Å². The van der Waals surface area contributed by atoms with Gasteiger partial charge in [-0.1, -0.05) is 6.07 Å². The first kappa shape index (κ1) is 16.5. The van der Waals surface area contributed by atoms with E-state index in [4.69, 9.17) is 9.47 Å². The number of aliphatic hydroxyl groups is 1. The lowest BCUT2D eigenvalue weighted by Crippen LogP contribution is -2.05. The van der Waals surface area contributed by atoms with Crippen LogP contribution in [0.15, 0.2) is 28.7 Å². The van der Waals surface area contributed by atoms with Crippen molar-refractivity contribution in [3.63, 3.8) is 0 Å². The Morgan fingerprint density at radius 3 is 2.57 bits per heavy atom. The number of aliphatic hydroxyl groups excluding tert-OH is 1. The predicted molar refractivity (Wildman–Crippen MR) is 89.4 cm³/mol. The molecule has 0 saturated carbocycles. The second-order valence-electron chi connectivity index (χ2n) is 4.82. The molecule has 2 rings (SSSR count). The summed E-state index contributed by atoms with van der Waals surface area (Å²) < 4.78 is 11.4. The molecule has 0 aliphatic carbocycles. The SMILES string of the molecule is COCCOc1ccc(C(O)c2cc(C)c(C)s2)cc1Br. The maximum atomic E-state index is 10.5. The third-order valence-electron chi connectivity index (χ3n) is 3.27. The fourth-order valence-corrected chi connectivity index (χ4v) is 3.51. The topological polar surface area (TPSA) is 38.7 Å². The van der Waals surface area contributed by atoms with E-state index >= 15 is 0 Å². The van der Waals surface area contributed by atoms with Gasteiger partial charge in [0.05, 0.1) is 11.1 Å². The van der Waals surface area contributed by atoms with E-state index in [2.05, 4.69) is 29.8 Å². The summed E-state index contributed by atoms with van der Waals surface area (Å²) in [5, 5.41) is 10.5. The number of rotatable bonds is 6. The zero-order valence-electron chi connectivity index (χ0n) is 12.4. The minimum absolute atomic E-state index is 0.500. The molecule has 0 radical (unpaired) electrons. The Morgan fingerprint density at radius 1 is 1.24 bits per heavy atom. The minimum atomic E-state index is -0.605. The van der Waals surface area contributed by atoms with Crippen LogP contribution in [0.3, 0.4) is 0 Å². The van der Waals surface area contributed by atoms with Crippen LogP contribution >= 0.6 is 27.3 Å². The molecule has 21 heavy (non-hydrogen) atoms. The van der Waals surface area contributed by atoms with Gasteiger partial charge in [0.25, 0.3) is 0 Å². The lowest BCUT2D eigenvalue weighted by Gasteiger charge is -2.12. The molecule has 1 atom stereocenters. The number of thiophene rings is 1. The number of benzene rings is 1. The highest BCUT2D eigenvalue weighted by Crippen LogP contribution is 2.34. The third-order valence-corrected chi connectivity index (χ3v) is 5.10. The van der Waals surface area contributed by atoms with Gasteiger partial charge in [0.2, 0.25) is 0 Å². The Kier molecular flexibility index (Phi) is 5.81. The summed E-state index contributed by atoms with van der Waals surface area (Å²) in [6.07, 6.45) is -0.605. The molecule has 1 heterocycles. The van der Waals surface area contributed by atoms with Crippen LogP contribution in [0, 0.1) is 13.8 Å². The number of halogens is 1. The fourth-order valence-electron chi connectivity index (χ4n) is 1.94. The summed E-state index contributed by atoms with van der Waals surface area (Å²) in [5.41, 5.74) is 2.06. The first-order valence-corrected chi connectivity index (χ1v) is 8.30. The highest BCUT2D eigenvalue weighted by molar-refractivity contribution is 9.10. The molecule has 0 saturated heterocycles. The number of aryl methyl sites for hydroxylation is 2. The van der Waals surface area contributed by atoms with Crippen molar-refractivity contribution in [2.45, 2.75) is 20.0 Å². The Morgan fingerprint density at radius 2 is 2.00 bits per heavy atom. The van der Waals surface area contributed by atoms with E-state index in [1.54, 1.807) is 18.4 Å². The molecule has 1 aromatic heterocycles. The first-order chi connectivity index (χ1) is 10.0. The predicted octanol–water partition coefficient (Wildman–Crippen LogP) is 4.23. The highest BCUT2D eigenvalue weighted by atomic mass is 79.9. The summed E-state index contributed by atoms with van der Waals surface area (Å²) in [4.78, 5) is 2.20. The molecule has 1 aromatic carbocycles. The van der Waals surface area contributed by atoms with Crippen molar-refractivity contribution in [1.29, 1.82) is 0 Å². The lowest BCUT2D eigenvalue weighted by molar-refractivity contribution is 0.146. The van der Waals surface area contributed by atoms with Crippen molar-refractivity contribution < 1.29 is 14.6 Å². The zero-order valence-corrected chi connectivity index (χ0v) is 14.8. The van der Waals surface area contributed by atoms with Crippen LogP contribution in [-0.2, 0) is 4.74 Å². The normalized spacial score (nSPS) is 12.4. The zero-order chi connectivity index (χ0) is 15.4. The van der Waals surface area contributed by atoms with Gasteiger partial charge >= 0.3 is 0 Å². The maximum Gasteiger partial charge on any atom is 0.133 e. The van der Waals surface area contributed by atoms with E-state index in [1.165, 1.54) is 10.4 Å². The standard InChI is InChI=1S/C16H19BrO3S/c1-10-8-15(21-11(10)2)16(18)12-4-5-14(13(17)9-12)20-7-6-19-3/h4-5,8-9,16,18H,6-7H2,1-3H3. The Hall–Kier alpha value is -0.880. The Bertz CT molecular complexity index is 590. The molecule has 0 aliphatic rings. The largest absolute Gasteiger partial charge is 0.490 e. The Balaban J connectivity index is 2.15. The van der Waals surface area contributed by atoms with Crippen molar-refractivity contribution in [3.05, 3.63) is 49.6 Å². The Labute approximate surface area is 137 Å². The molecular weight excluding hydrogens is 352 g/mol. The molecule has 5 heteroatoms. The van der Waals surface area contributed by atoms with Crippen molar-refractivity contribution >= 4 is 27.3 Å². The maximum absolute atomic E-state index is 10.5. The molecule has 0 fully saturated rings. The van der Waals surface area contributed by atoms with Gasteiger partial charge in [-0.15, -0.1) is 11.3 Å². The molecule has 0 aliphatic heterocycles. The highest BCUT2D eigenvalue weighted by Gasteiger charge is 2.15. The molecule has 0 bridgehead atoms. The molecule has 3 nitrogen and oxygen atoms in total. The van der Waals surface area contributed by atoms with Gasteiger partial charge < -0.3 is 14.6 Å². The monoisotopic (exact) mass is 370 g/mol. The number of hydrogen-bond donors (Lipinski definition) is 1.